The molecule has 1 amide bonds. The van der Waals surface area contributed by atoms with Crippen LogP contribution in [-0.2, 0) is 21.6 Å². The van der Waals surface area contributed by atoms with E-state index in [0.29, 0.717) is 19.8 Å². The number of carbonyl (C=O) groups excluding carboxylic acids is 1. The summed E-state index contributed by atoms with van der Waals surface area (Å²) in [5, 5.41) is 0. The summed E-state index contributed by atoms with van der Waals surface area (Å²) in [6, 6.07) is 8.24. The van der Waals surface area contributed by atoms with Crippen LogP contribution in [0.1, 0.15) is 11.1 Å². The summed E-state index contributed by atoms with van der Waals surface area (Å²) in [7, 11) is 0. The highest BCUT2D eigenvalue weighted by atomic mass is 16.6. The number of nitrogens with zero attached hydrogens (tertiary/aromatic N) is 1. The van der Waals surface area contributed by atoms with Crippen molar-refractivity contribution in [3.05, 3.63) is 35.4 Å². The van der Waals surface area contributed by atoms with E-state index < -0.39 is 0 Å². The predicted octanol–water partition coefficient (Wildman–Crippen LogP) is 1.25. The highest BCUT2D eigenvalue weighted by Gasteiger charge is 2.62. The minimum atomic E-state index is -0.277. The molecule has 3 heterocycles. The molecule has 0 aliphatic carbocycles. The molecule has 82 valence electrons. The van der Waals surface area contributed by atoms with Gasteiger partial charge in [0.15, 0.2) is 0 Å². The molecule has 1 spiro atoms. The molecule has 0 N–H and O–H groups in total. The summed E-state index contributed by atoms with van der Waals surface area (Å²) >= 11 is 0. The van der Waals surface area contributed by atoms with Crippen LogP contribution < -0.4 is 0 Å². The number of carbonyl (C=O) groups is 1. The summed E-state index contributed by atoms with van der Waals surface area (Å²) in [5.74, 6) is 0. The van der Waals surface area contributed by atoms with Crippen LogP contribution in [0.3, 0.4) is 0 Å². The molecule has 4 heteroatoms. The lowest BCUT2D eigenvalue weighted by Gasteiger charge is -2.33. The molecule has 4 rings (SSSR count). The molecule has 0 saturated carbocycles. The molecular weight excluding hydrogens is 206 g/mol. The highest BCUT2D eigenvalue weighted by Crippen LogP contribution is 2.50. The maximum absolute atomic E-state index is 11.6. The van der Waals surface area contributed by atoms with Gasteiger partial charge >= 0.3 is 6.09 Å². The third-order valence-corrected chi connectivity index (χ3v) is 3.78. The second-order valence-electron chi connectivity index (χ2n) is 4.56. The molecule has 3 aliphatic rings. The van der Waals surface area contributed by atoms with E-state index in [9.17, 15) is 4.79 Å². The van der Waals surface area contributed by atoms with E-state index in [1.807, 2.05) is 12.1 Å². The molecule has 0 radical (unpaired) electrons. The molecular formula is C12H11NO3. The normalized spacial score (nSPS) is 34.6. The number of benzene rings is 1. The summed E-state index contributed by atoms with van der Waals surface area (Å²) in [4.78, 5) is 13.4. The van der Waals surface area contributed by atoms with E-state index in [4.69, 9.17) is 9.47 Å². The van der Waals surface area contributed by atoms with E-state index in [1.165, 1.54) is 11.1 Å². The molecule has 0 aromatic heterocycles. The van der Waals surface area contributed by atoms with Crippen molar-refractivity contribution in [2.75, 3.05) is 13.2 Å². The summed E-state index contributed by atoms with van der Waals surface area (Å²) < 4.78 is 10.8. The zero-order valence-corrected chi connectivity index (χ0v) is 8.68. The Labute approximate surface area is 92.8 Å². The van der Waals surface area contributed by atoms with Crippen molar-refractivity contribution in [2.24, 2.45) is 0 Å². The van der Waals surface area contributed by atoms with Gasteiger partial charge in [-0.2, -0.15) is 0 Å². The van der Waals surface area contributed by atoms with Crippen LogP contribution in [-0.4, -0.2) is 30.2 Å². The van der Waals surface area contributed by atoms with Crippen molar-refractivity contribution in [3.63, 3.8) is 0 Å². The predicted molar refractivity (Wildman–Crippen MR) is 54.8 cm³/mol. The van der Waals surface area contributed by atoms with Gasteiger partial charge in [-0.25, -0.2) is 4.79 Å². The molecule has 2 saturated heterocycles. The van der Waals surface area contributed by atoms with E-state index in [0.717, 1.165) is 0 Å². The quantitative estimate of drug-likeness (QED) is 0.614. The van der Waals surface area contributed by atoms with Gasteiger partial charge in [0.2, 0.25) is 0 Å². The van der Waals surface area contributed by atoms with Gasteiger partial charge in [-0.15, -0.1) is 0 Å². The van der Waals surface area contributed by atoms with Gasteiger partial charge in [0.05, 0.1) is 6.61 Å². The average molecular weight is 217 g/mol. The van der Waals surface area contributed by atoms with Crippen molar-refractivity contribution in [1.29, 1.82) is 0 Å². The number of hydrogen-bond acceptors (Lipinski definition) is 3. The summed E-state index contributed by atoms with van der Waals surface area (Å²) in [6.45, 7) is 1.79. The van der Waals surface area contributed by atoms with Crippen molar-refractivity contribution in [3.8, 4) is 0 Å². The second kappa shape index (κ2) is 2.58. The SMILES string of the molecule is O=C1OC[C@H]2N1Cc1ccccc1[C@]21CO1. The standard InChI is InChI=1S/C12H11NO3/c14-11-13-5-8-3-1-2-4-9(8)12(7-16-12)10(13)6-15-11/h1-4,10H,5-7H2/t10-,12-/m1/s1. The number of ether oxygens (including phenoxy) is 2. The molecule has 16 heavy (non-hydrogen) atoms. The molecule has 0 unspecified atom stereocenters. The molecule has 3 aliphatic heterocycles. The second-order valence-corrected chi connectivity index (χ2v) is 4.56. The molecule has 4 nitrogen and oxygen atoms in total. The van der Waals surface area contributed by atoms with Gasteiger partial charge in [0.25, 0.3) is 0 Å². The summed E-state index contributed by atoms with van der Waals surface area (Å²) in [6.07, 6.45) is -0.214. The van der Waals surface area contributed by atoms with Gasteiger partial charge < -0.3 is 9.47 Å². The largest absolute Gasteiger partial charge is 0.447 e. The van der Waals surface area contributed by atoms with Crippen LogP contribution in [0.25, 0.3) is 0 Å². The number of epoxide rings is 1. The third kappa shape index (κ3) is 0.865. The van der Waals surface area contributed by atoms with Crippen LogP contribution in [0.2, 0.25) is 0 Å². The number of cyclic esters (lactones) is 1. The zero-order chi connectivity index (χ0) is 10.8. The average Bonchev–Trinajstić information content (AvgIpc) is 3.01. The summed E-state index contributed by atoms with van der Waals surface area (Å²) in [5.41, 5.74) is 2.13. The lowest BCUT2D eigenvalue weighted by molar-refractivity contribution is 0.133. The van der Waals surface area contributed by atoms with Crippen molar-refractivity contribution >= 4 is 6.09 Å². The third-order valence-electron chi connectivity index (χ3n) is 3.78. The fraction of sp³-hybridized carbons (Fsp3) is 0.417. The number of hydrogen-bond donors (Lipinski definition) is 0. The van der Waals surface area contributed by atoms with Crippen LogP contribution in [0.5, 0.6) is 0 Å². The Kier molecular flexibility index (Phi) is 1.38. The smallest absolute Gasteiger partial charge is 0.410 e. The van der Waals surface area contributed by atoms with Crippen molar-refractivity contribution in [2.45, 2.75) is 18.2 Å². The topological polar surface area (TPSA) is 42.1 Å². The van der Waals surface area contributed by atoms with Crippen LogP contribution >= 0.6 is 0 Å². The van der Waals surface area contributed by atoms with E-state index in [1.54, 1.807) is 4.90 Å². The van der Waals surface area contributed by atoms with Gasteiger partial charge in [-0.1, -0.05) is 24.3 Å². The molecule has 1 aromatic carbocycles. The number of rotatable bonds is 0. The highest BCUT2D eigenvalue weighted by molar-refractivity contribution is 5.71. The molecule has 1 aromatic rings. The van der Waals surface area contributed by atoms with Gasteiger partial charge in [0.1, 0.15) is 18.2 Å². The minimum Gasteiger partial charge on any atom is -0.447 e. The molecule has 2 atom stereocenters. The zero-order valence-electron chi connectivity index (χ0n) is 8.68. The first-order chi connectivity index (χ1) is 7.81. The first-order valence-corrected chi connectivity index (χ1v) is 5.47. The Morgan fingerprint density at radius 2 is 2.19 bits per heavy atom. The van der Waals surface area contributed by atoms with Gasteiger partial charge in [-0.05, 0) is 11.1 Å². The Morgan fingerprint density at radius 1 is 1.38 bits per heavy atom. The maximum Gasteiger partial charge on any atom is 0.410 e. The number of fused-ring (bicyclic) bond motifs is 4. The Balaban J connectivity index is 1.89. The first-order valence-electron chi connectivity index (χ1n) is 5.47. The Morgan fingerprint density at radius 3 is 3.00 bits per heavy atom. The monoisotopic (exact) mass is 217 g/mol. The van der Waals surface area contributed by atoms with Crippen molar-refractivity contribution < 1.29 is 14.3 Å². The fourth-order valence-corrected chi connectivity index (χ4v) is 2.87. The molecule has 2 fully saturated rings. The molecule has 0 bridgehead atoms. The van der Waals surface area contributed by atoms with Crippen LogP contribution in [0.15, 0.2) is 24.3 Å². The Bertz CT molecular complexity index is 481. The van der Waals surface area contributed by atoms with Crippen molar-refractivity contribution in [1.82, 2.24) is 4.90 Å². The van der Waals surface area contributed by atoms with E-state index in [2.05, 4.69) is 12.1 Å². The van der Waals surface area contributed by atoms with Crippen LogP contribution in [0.4, 0.5) is 4.79 Å². The lowest BCUT2D eigenvalue weighted by Crippen LogP contribution is -2.47. The lowest BCUT2D eigenvalue weighted by atomic mass is 9.84. The number of amides is 1. The fourth-order valence-electron chi connectivity index (χ4n) is 2.87. The van der Waals surface area contributed by atoms with E-state index >= 15 is 0 Å². The maximum atomic E-state index is 11.6. The minimum absolute atomic E-state index is 0.0647. The van der Waals surface area contributed by atoms with E-state index in [-0.39, 0.29) is 17.7 Å². The van der Waals surface area contributed by atoms with Crippen LogP contribution in [0, 0.1) is 0 Å². The first kappa shape index (κ1) is 8.58. The Hall–Kier alpha value is -1.55. The van der Waals surface area contributed by atoms with Gasteiger partial charge in [0, 0.05) is 6.54 Å². The van der Waals surface area contributed by atoms with Gasteiger partial charge in [-0.3, -0.25) is 4.90 Å².